The van der Waals surface area contributed by atoms with Crippen molar-refractivity contribution in [3.05, 3.63) is 29.7 Å². The van der Waals surface area contributed by atoms with Crippen molar-refractivity contribution in [3.8, 4) is 0 Å². The summed E-state index contributed by atoms with van der Waals surface area (Å²) in [6.07, 6.45) is 9.13. The van der Waals surface area contributed by atoms with Crippen molar-refractivity contribution in [2.75, 3.05) is 5.88 Å². The van der Waals surface area contributed by atoms with Gasteiger partial charge in [-0.25, -0.2) is 6.08 Å². The van der Waals surface area contributed by atoms with Gasteiger partial charge in [0.25, 0.3) is 0 Å². The summed E-state index contributed by atoms with van der Waals surface area (Å²) in [5.41, 5.74) is 7.79. The average Bonchev–Trinajstić information content (AvgIpc) is 3.53. The topological polar surface area (TPSA) is 115 Å². The fraction of sp³-hybridized carbons (Fsp3) is 0.680. The molecule has 0 aromatic rings. The molecule has 5 aliphatic rings. The molecule has 9 nitrogen and oxygen atoms in total. The number of unbranched alkanes of at least 4 members (excludes halogenated alkanes) is 1. The Morgan fingerprint density at radius 3 is 2.70 bits per heavy atom. The molecule has 3 saturated heterocycles. The molecule has 0 bridgehead atoms. The number of nitrogens with zero attached hydrogens (tertiary/aromatic N) is 2. The first-order valence-electron chi connectivity index (χ1n) is 12.5. The minimum absolute atomic E-state index is 0. The van der Waals surface area contributed by atoms with E-state index in [1.165, 1.54) is 10.8 Å². The largest absolute Gasteiger partial charge is 2.00 e. The average molecular weight is 776 g/mol. The molecule has 0 radical (unpaired) electrons. The number of hydrogen-bond acceptors (Lipinski definition) is 9. The van der Waals surface area contributed by atoms with Crippen molar-refractivity contribution in [2.24, 2.45) is 5.73 Å². The Balaban J connectivity index is 0.000000581. The first kappa shape index (κ1) is 31.1. The first-order valence-corrected chi connectivity index (χ1v) is 14.5. The Bertz CT molecular complexity index is 919. The molecule has 37 heavy (non-hydrogen) atoms. The van der Waals surface area contributed by atoms with Gasteiger partial charge in [-0.15, -0.1) is 11.7 Å². The zero-order valence-corrected chi connectivity index (χ0v) is 27.2. The number of carbonyl (C=O) groups excluding carboxylic acids is 3. The minimum atomic E-state index is -0.604. The third kappa shape index (κ3) is 6.83. The number of carbonyl (C=O) groups is 2. The van der Waals surface area contributed by atoms with Gasteiger partial charge in [0.05, 0.1) is 18.1 Å². The van der Waals surface area contributed by atoms with E-state index in [1.807, 2.05) is 37.3 Å². The monoisotopic (exact) mass is 775 g/mol. The van der Waals surface area contributed by atoms with Gasteiger partial charge >= 0.3 is 31.1 Å². The smallest absolute Gasteiger partial charge is 0.542 e. The summed E-state index contributed by atoms with van der Waals surface area (Å²) in [5, 5.41) is 0. The summed E-state index contributed by atoms with van der Waals surface area (Å²) < 4.78 is 17.8. The molecule has 0 spiro atoms. The van der Waals surface area contributed by atoms with Crippen molar-refractivity contribution in [2.45, 2.75) is 102 Å². The van der Waals surface area contributed by atoms with Crippen molar-refractivity contribution in [1.82, 2.24) is 9.80 Å². The third-order valence-electron chi connectivity index (χ3n) is 7.01. The maximum Gasteiger partial charge on any atom is 2.00 e. The summed E-state index contributed by atoms with van der Waals surface area (Å²) in [4.78, 5) is 39.9. The zero-order valence-electron chi connectivity index (χ0n) is 21.4. The molecule has 1 aliphatic carbocycles. The predicted molar refractivity (Wildman–Crippen MR) is 139 cm³/mol. The van der Waals surface area contributed by atoms with Crippen molar-refractivity contribution in [1.29, 1.82) is 0 Å². The van der Waals surface area contributed by atoms with E-state index in [0.717, 1.165) is 17.6 Å². The standard InChI is InChI=1S/C21H28N3O5S2.C4H7O.U/c1-10-16(28-11(2)22)8-13-7-14-20(26)23(9-31-30)18-12(3-5-15-19(18)29-15)4-6-17(25)24(14)21(13)27-10;1-2-3-4-5;/h3,5,8,10-11,14-16,18-19,21,30H,4,6-7,9,22H2,1-2H3;2-3H2,1H3;/q2*-1;+2. The first-order chi connectivity index (χ1) is 17.3. The van der Waals surface area contributed by atoms with Crippen LogP contribution < -0.4 is 5.73 Å². The van der Waals surface area contributed by atoms with Gasteiger partial charge in [0, 0.05) is 25.0 Å². The Morgan fingerprint density at radius 2 is 2.08 bits per heavy atom. The molecule has 202 valence electrons. The Kier molecular flexibility index (Phi) is 11.6. The molecule has 8 unspecified atom stereocenters. The van der Waals surface area contributed by atoms with E-state index in [0.29, 0.717) is 31.6 Å². The summed E-state index contributed by atoms with van der Waals surface area (Å²) in [6, 6.07) is -0.756. The van der Waals surface area contributed by atoms with E-state index in [1.54, 1.807) is 18.1 Å². The number of ether oxygens (including phenoxy) is 3. The normalized spacial score (nSPS) is 34.7. The summed E-state index contributed by atoms with van der Waals surface area (Å²) >= 11 is 4.32. The van der Waals surface area contributed by atoms with Crippen LogP contribution in [0.25, 0.3) is 0 Å². The molecule has 2 N–H and O–H groups in total. The predicted octanol–water partition coefficient (Wildman–Crippen LogP) is 2.28. The number of rotatable bonds is 6. The number of amides is 2. The Morgan fingerprint density at radius 1 is 1.32 bits per heavy atom. The van der Waals surface area contributed by atoms with Crippen molar-refractivity contribution >= 4 is 40.6 Å². The second kappa shape index (κ2) is 13.8. The number of hydrogen-bond donors (Lipinski definition) is 2. The maximum atomic E-state index is 13.8. The number of nitrogens with two attached hydrogens (primary N) is 1. The van der Waals surface area contributed by atoms with Gasteiger partial charge < -0.3 is 34.5 Å². The molecule has 0 aromatic heterocycles. The Labute approximate surface area is 251 Å². The van der Waals surface area contributed by atoms with Crippen LogP contribution in [-0.2, 0) is 28.6 Å². The summed E-state index contributed by atoms with van der Waals surface area (Å²) in [7, 11) is 1.30. The van der Waals surface area contributed by atoms with Gasteiger partial charge in [-0.3, -0.25) is 15.9 Å². The van der Waals surface area contributed by atoms with E-state index < -0.39 is 18.5 Å². The van der Waals surface area contributed by atoms with E-state index in [-0.39, 0.29) is 73.4 Å². The van der Waals surface area contributed by atoms with Crippen LogP contribution in [0.2, 0.25) is 0 Å². The van der Waals surface area contributed by atoms with Crippen LogP contribution in [0.4, 0.5) is 0 Å². The van der Waals surface area contributed by atoms with Crippen LogP contribution in [0.1, 0.15) is 52.9 Å². The molecule has 12 heteroatoms. The fourth-order valence-corrected chi connectivity index (χ4v) is 6.09. The van der Waals surface area contributed by atoms with Crippen LogP contribution in [-0.4, -0.2) is 82.7 Å². The van der Waals surface area contributed by atoms with E-state index in [2.05, 4.69) is 11.7 Å². The van der Waals surface area contributed by atoms with E-state index in [4.69, 9.17) is 19.9 Å². The fourth-order valence-electron chi connectivity index (χ4n) is 5.30. The van der Waals surface area contributed by atoms with Crippen molar-refractivity contribution < 1.29 is 59.7 Å². The second-order valence-corrected chi connectivity index (χ2v) is 11.0. The molecule has 0 saturated carbocycles. The summed E-state index contributed by atoms with van der Waals surface area (Å²) in [5.74, 6) is 0.274. The third-order valence-corrected chi connectivity index (χ3v) is 7.75. The molecule has 5 rings (SSSR count). The summed E-state index contributed by atoms with van der Waals surface area (Å²) in [6.45, 7) is 5.62. The number of thiol groups is 1. The maximum absolute atomic E-state index is 13.8. The van der Waals surface area contributed by atoms with E-state index >= 15 is 0 Å². The molecule has 3 fully saturated rings. The number of epoxide rings is 1. The zero-order chi connectivity index (χ0) is 26.0. The second-order valence-electron chi connectivity index (χ2n) is 9.67. The minimum Gasteiger partial charge on any atom is -0.542 e. The van der Waals surface area contributed by atoms with Gasteiger partial charge in [-0.2, -0.15) is 18.4 Å². The van der Waals surface area contributed by atoms with Gasteiger partial charge in [0.15, 0.2) is 6.23 Å². The Hall–Kier alpha value is -0.448. The SMILES string of the molecule is CC(N)OC1C=C2CC3C(=O)N(CSS)C4C(=C[CH-]C5OC54)CCC(=O)N3C2OC1C.CCC[C-]=O.[U+2]. The van der Waals surface area contributed by atoms with Crippen LogP contribution >= 0.6 is 22.5 Å². The molecule has 2 amide bonds. The molecular formula is C25H35N3O6S2U. The number of fused-ring (bicyclic) bond motifs is 6. The van der Waals surface area contributed by atoms with E-state index in [9.17, 15) is 14.4 Å². The molecule has 4 aliphatic heterocycles. The van der Waals surface area contributed by atoms with Crippen molar-refractivity contribution in [3.63, 3.8) is 0 Å². The molecule has 8 atom stereocenters. The van der Waals surface area contributed by atoms with Crippen LogP contribution in [0, 0.1) is 37.5 Å². The quantitative estimate of drug-likeness (QED) is 0.106. The van der Waals surface area contributed by atoms with Crippen LogP contribution in [0.5, 0.6) is 0 Å². The van der Waals surface area contributed by atoms with Gasteiger partial charge in [-0.05, 0) is 25.5 Å². The van der Waals surface area contributed by atoms with Crippen LogP contribution in [0.15, 0.2) is 23.3 Å². The van der Waals surface area contributed by atoms with Gasteiger partial charge in [0.2, 0.25) is 11.8 Å². The molecular weight excluding hydrogens is 740 g/mol. The molecule has 4 heterocycles. The molecule has 0 aromatic carbocycles. The van der Waals surface area contributed by atoms with Gasteiger partial charge in [0.1, 0.15) is 18.4 Å². The van der Waals surface area contributed by atoms with Crippen LogP contribution in [0.3, 0.4) is 0 Å². The van der Waals surface area contributed by atoms with Gasteiger partial charge in [-0.1, -0.05) is 30.6 Å².